The van der Waals surface area contributed by atoms with Crippen LogP contribution in [0.15, 0.2) is 27.7 Å². The van der Waals surface area contributed by atoms with E-state index < -0.39 is 0 Å². The Morgan fingerprint density at radius 3 is 2.80 bits per heavy atom. The molecule has 0 atom stereocenters. The molecule has 1 aromatic carbocycles. The SMILES string of the molecule is CCN=C(NN)Nc1ccc(Br)cc1C. The maximum atomic E-state index is 5.33. The number of aryl methyl sites for hydroxylation is 1. The second kappa shape index (κ2) is 5.72. The molecular formula is C10H15BrN4. The number of hydrogen-bond donors (Lipinski definition) is 3. The van der Waals surface area contributed by atoms with Crippen LogP contribution < -0.4 is 16.6 Å². The molecule has 1 aromatic rings. The van der Waals surface area contributed by atoms with Gasteiger partial charge >= 0.3 is 0 Å². The van der Waals surface area contributed by atoms with Crippen molar-refractivity contribution in [1.82, 2.24) is 5.43 Å². The van der Waals surface area contributed by atoms with Gasteiger partial charge in [-0.25, -0.2) is 5.84 Å². The van der Waals surface area contributed by atoms with Gasteiger partial charge in [-0.2, -0.15) is 0 Å². The Morgan fingerprint density at radius 1 is 1.53 bits per heavy atom. The van der Waals surface area contributed by atoms with Crippen LogP contribution in [-0.2, 0) is 0 Å². The lowest BCUT2D eigenvalue weighted by molar-refractivity contribution is 0.985. The van der Waals surface area contributed by atoms with Gasteiger partial charge in [0.05, 0.1) is 0 Å². The van der Waals surface area contributed by atoms with Gasteiger partial charge in [-0.15, -0.1) is 0 Å². The third-order valence-corrected chi connectivity index (χ3v) is 2.39. The average Bonchev–Trinajstić information content (AvgIpc) is 2.21. The summed E-state index contributed by atoms with van der Waals surface area (Å²) in [4.78, 5) is 4.16. The van der Waals surface area contributed by atoms with E-state index in [0.29, 0.717) is 12.5 Å². The molecule has 0 aliphatic heterocycles. The molecule has 0 radical (unpaired) electrons. The molecule has 0 unspecified atom stereocenters. The number of benzene rings is 1. The van der Waals surface area contributed by atoms with E-state index >= 15 is 0 Å². The maximum absolute atomic E-state index is 5.33. The van der Waals surface area contributed by atoms with Gasteiger partial charge in [-0.1, -0.05) is 15.9 Å². The van der Waals surface area contributed by atoms with Crippen molar-refractivity contribution >= 4 is 27.6 Å². The number of anilines is 1. The molecule has 4 nitrogen and oxygen atoms in total. The van der Waals surface area contributed by atoms with Crippen molar-refractivity contribution < 1.29 is 0 Å². The molecule has 0 aromatic heterocycles. The lowest BCUT2D eigenvalue weighted by Gasteiger charge is -2.11. The molecule has 5 heteroatoms. The van der Waals surface area contributed by atoms with Crippen molar-refractivity contribution in [2.75, 3.05) is 11.9 Å². The first-order valence-corrected chi connectivity index (χ1v) is 5.51. The van der Waals surface area contributed by atoms with Crippen LogP contribution in [0.1, 0.15) is 12.5 Å². The Hall–Kier alpha value is -1.07. The van der Waals surface area contributed by atoms with Gasteiger partial charge in [0.25, 0.3) is 0 Å². The summed E-state index contributed by atoms with van der Waals surface area (Å²) in [5.74, 6) is 5.91. The van der Waals surface area contributed by atoms with E-state index in [0.717, 1.165) is 15.7 Å². The first kappa shape index (κ1) is 12.0. The third-order valence-electron chi connectivity index (χ3n) is 1.89. The molecule has 0 saturated heterocycles. The lowest BCUT2D eigenvalue weighted by Crippen LogP contribution is -2.36. The molecule has 0 amide bonds. The van der Waals surface area contributed by atoms with Gasteiger partial charge in [0.1, 0.15) is 0 Å². The third kappa shape index (κ3) is 3.53. The van der Waals surface area contributed by atoms with E-state index in [-0.39, 0.29) is 0 Å². The van der Waals surface area contributed by atoms with Crippen molar-refractivity contribution in [2.45, 2.75) is 13.8 Å². The van der Waals surface area contributed by atoms with E-state index in [1.54, 1.807) is 0 Å². The van der Waals surface area contributed by atoms with Crippen molar-refractivity contribution in [3.8, 4) is 0 Å². The Kier molecular flexibility index (Phi) is 4.58. The molecule has 0 heterocycles. The summed E-state index contributed by atoms with van der Waals surface area (Å²) in [5.41, 5.74) is 4.64. The topological polar surface area (TPSA) is 62.4 Å². The Balaban J connectivity index is 2.84. The first-order valence-electron chi connectivity index (χ1n) is 4.71. The van der Waals surface area contributed by atoms with Gasteiger partial charge < -0.3 is 5.32 Å². The number of nitrogens with one attached hydrogen (secondary N) is 2. The highest BCUT2D eigenvalue weighted by molar-refractivity contribution is 9.10. The quantitative estimate of drug-likeness (QED) is 0.334. The standard InChI is InChI=1S/C10H15BrN4/c1-3-13-10(15-12)14-9-5-4-8(11)6-7(9)2/h4-6H,3,12H2,1-2H3,(H2,13,14,15). The molecule has 82 valence electrons. The molecule has 0 spiro atoms. The Labute approximate surface area is 98.1 Å². The number of nitrogens with zero attached hydrogens (tertiary/aromatic N) is 1. The van der Waals surface area contributed by atoms with Gasteiger partial charge in [0.15, 0.2) is 0 Å². The van der Waals surface area contributed by atoms with Crippen molar-refractivity contribution in [1.29, 1.82) is 0 Å². The highest BCUT2D eigenvalue weighted by Crippen LogP contribution is 2.19. The summed E-state index contributed by atoms with van der Waals surface area (Å²) in [5, 5.41) is 3.12. The zero-order valence-corrected chi connectivity index (χ0v) is 10.4. The van der Waals surface area contributed by atoms with Gasteiger partial charge in [-0.05, 0) is 37.6 Å². The van der Waals surface area contributed by atoms with Crippen molar-refractivity contribution in [2.24, 2.45) is 10.8 Å². The second-order valence-corrected chi connectivity index (χ2v) is 3.97. The average molecular weight is 271 g/mol. The Bertz CT molecular complexity index is 362. The van der Waals surface area contributed by atoms with Crippen LogP contribution in [0.5, 0.6) is 0 Å². The number of rotatable bonds is 2. The minimum absolute atomic E-state index is 0.572. The normalized spacial score (nSPS) is 11.3. The predicted octanol–water partition coefficient (Wildman–Crippen LogP) is 2.01. The highest BCUT2D eigenvalue weighted by Gasteiger charge is 2.01. The minimum Gasteiger partial charge on any atom is -0.325 e. The van der Waals surface area contributed by atoms with Crippen LogP contribution in [0, 0.1) is 6.92 Å². The lowest BCUT2D eigenvalue weighted by atomic mass is 10.2. The Morgan fingerprint density at radius 2 is 2.27 bits per heavy atom. The minimum atomic E-state index is 0.572. The molecule has 0 aliphatic carbocycles. The fourth-order valence-corrected chi connectivity index (χ4v) is 1.65. The van der Waals surface area contributed by atoms with E-state index in [4.69, 9.17) is 5.84 Å². The van der Waals surface area contributed by atoms with E-state index in [9.17, 15) is 0 Å². The number of halogens is 1. The predicted molar refractivity (Wildman–Crippen MR) is 67.8 cm³/mol. The van der Waals surface area contributed by atoms with E-state index in [1.165, 1.54) is 0 Å². The number of hydrazine groups is 1. The number of guanidine groups is 1. The van der Waals surface area contributed by atoms with Gasteiger partial charge in [0, 0.05) is 16.7 Å². The monoisotopic (exact) mass is 270 g/mol. The fraction of sp³-hybridized carbons (Fsp3) is 0.300. The van der Waals surface area contributed by atoms with Gasteiger partial charge in [-0.3, -0.25) is 10.4 Å². The van der Waals surface area contributed by atoms with E-state index in [1.807, 2.05) is 32.0 Å². The number of nitrogens with two attached hydrogens (primary N) is 1. The molecule has 0 bridgehead atoms. The molecule has 4 N–H and O–H groups in total. The summed E-state index contributed by atoms with van der Waals surface area (Å²) in [6.45, 7) is 4.66. The maximum Gasteiger partial charge on any atom is 0.210 e. The number of aliphatic imine (C=N–C) groups is 1. The first-order chi connectivity index (χ1) is 7.17. The summed E-state index contributed by atoms with van der Waals surface area (Å²) in [6, 6.07) is 5.97. The van der Waals surface area contributed by atoms with Crippen LogP contribution in [0.25, 0.3) is 0 Å². The van der Waals surface area contributed by atoms with Crippen LogP contribution in [0.2, 0.25) is 0 Å². The smallest absolute Gasteiger partial charge is 0.210 e. The zero-order valence-electron chi connectivity index (χ0n) is 8.84. The largest absolute Gasteiger partial charge is 0.325 e. The van der Waals surface area contributed by atoms with Crippen LogP contribution in [0.3, 0.4) is 0 Å². The summed E-state index contributed by atoms with van der Waals surface area (Å²) in [7, 11) is 0. The van der Waals surface area contributed by atoms with Crippen LogP contribution in [0.4, 0.5) is 5.69 Å². The summed E-state index contributed by atoms with van der Waals surface area (Å²) < 4.78 is 1.06. The highest BCUT2D eigenvalue weighted by atomic mass is 79.9. The second-order valence-electron chi connectivity index (χ2n) is 3.05. The molecular weight excluding hydrogens is 256 g/mol. The van der Waals surface area contributed by atoms with Crippen molar-refractivity contribution in [3.05, 3.63) is 28.2 Å². The van der Waals surface area contributed by atoms with Crippen molar-refractivity contribution in [3.63, 3.8) is 0 Å². The van der Waals surface area contributed by atoms with Crippen LogP contribution in [-0.4, -0.2) is 12.5 Å². The summed E-state index contributed by atoms with van der Waals surface area (Å²) in [6.07, 6.45) is 0. The molecule has 15 heavy (non-hydrogen) atoms. The molecule has 1 rings (SSSR count). The van der Waals surface area contributed by atoms with E-state index in [2.05, 4.69) is 31.7 Å². The van der Waals surface area contributed by atoms with Gasteiger partial charge in [0.2, 0.25) is 5.96 Å². The molecule has 0 aliphatic rings. The number of hydrogen-bond acceptors (Lipinski definition) is 2. The molecule has 0 saturated carbocycles. The fourth-order valence-electron chi connectivity index (χ4n) is 1.17. The summed E-state index contributed by atoms with van der Waals surface area (Å²) >= 11 is 3.41. The molecule has 0 fully saturated rings. The van der Waals surface area contributed by atoms with Crippen LogP contribution >= 0.6 is 15.9 Å². The zero-order chi connectivity index (χ0) is 11.3.